The Hall–Kier alpha value is -6.04. The average Bonchev–Trinajstić information content (AvgIpc) is 3.90. The zero-order chi connectivity index (χ0) is 41.4. The molecule has 0 radical (unpaired) electrons. The van der Waals surface area contributed by atoms with Gasteiger partial charge in [0, 0.05) is 59.8 Å². The summed E-state index contributed by atoms with van der Waals surface area (Å²) in [6.07, 6.45) is 2.35. The molecule has 0 amide bonds. The molecule has 61 heavy (non-hydrogen) atoms. The Balaban J connectivity index is 1.24. The molecule has 3 aromatic heterocycles. The number of nitrogens with zero attached hydrogens (tertiary/aromatic N) is 2. The fourth-order valence-corrected chi connectivity index (χ4v) is 13.4. The molecule has 5 heterocycles. The normalized spacial score (nSPS) is 15.9. The number of benzene rings is 7. The lowest BCUT2D eigenvalue weighted by Crippen LogP contribution is -2.57. The van der Waals surface area contributed by atoms with Gasteiger partial charge < -0.3 is 13.8 Å². The van der Waals surface area contributed by atoms with Gasteiger partial charge in [0.2, 0.25) is 0 Å². The second-order valence-corrected chi connectivity index (χ2v) is 20.8. The van der Waals surface area contributed by atoms with E-state index in [1.165, 1.54) is 127 Å². The van der Waals surface area contributed by atoms with Crippen molar-refractivity contribution >= 4 is 99.3 Å². The van der Waals surface area contributed by atoms with Crippen molar-refractivity contribution in [2.24, 2.45) is 0 Å². The molecule has 2 aliphatic heterocycles. The maximum absolute atomic E-state index is 7.17. The number of thiophene rings is 1. The molecular weight excluding hydrogens is 760 g/mol. The third-order valence-corrected chi connectivity index (χ3v) is 16.2. The summed E-state index contributed by atoms with van der Waals surface area (Å²) in [5.41, 5.74) is 24.3. The molecule has 296 valence electrons. The van der Waals surface area contributed by atoms with Crippen LogP contribution in [0.3, 0.4) is 0 Å². The quantitative estimate of drug-likeness (QED) is 0.162. The Kier molecular flexibility index (Phi) is 6.94. The van der Waals surface area contributed by atoms with Crippen LogP contribution in [0.25, 0.3) is 75.4 Å². The van der Waals surface area contributed by atoms with Crippen LogP contribution in [-0.2, 0) is 10.8 Å². The fourth-order valence-electron chi connectivity index (χ4n) is 12.1. The minimum Gasteiger partial charge on any atom is -0.456 e. The van der Waals surface area contributed by atoms with Crippen molar-refractivity contribution in [1.29, 1.82) is 0 Å². The van der Waals surface area contributed by atoms with Gasteiger partial charge in [-0.25, -0.2) is 0 Å². The Labute approximate surface area is 361 Å². The van der Waals surface area contributed by atoms with Gasteiger partial charge in [0.1, 0.15) is 11.2 Å². The minimum atomic E-state index is -0.129. The van der Waals surface area contributed by atoms with Gasteiger partial charge >= 0.3 is 6.85 Å². The molecule has 0 saturated carbocycles. The summed E-state index contributed by atoms with van der Waals surface area (Å²) in [7, 11) is 0. The Morgan fingerprint density at radius 3 is 2.07 bits per heavy atom. The molecule has 3 nitrogen and oxygen atoms in total. The number of fused-ring (bicyclic) bond motifs is 14. The number of aromatic nitrogens is 1. The van der Waals surface area contributed by atoms with E-state index in [4.69, 9.17) is 4.42 Å². The summed E-state index contributed by atoms with van der Waals surface area (Å²) in [6, 6.07) is 44.2. The SMILES string of the molecule is Cc1cc(C)c(-c2cc3c4c(c2)N(c2cc5c(cc2C)C(C)(C)CCC5(C)C)c2ccc5c(oc6ccccc65)c2B4n2c4c-3cccc4c3sc4ccccc4c32)c(C)c1. The molecule has 0 unspecified atom stereocenters. The predicted molar refractivity (Wildman–Crippen MR) is 262 cm³/mol. The minimum absolute atomic E-state index is 0.0514. The standard InChI is InChI=1S/C56H47BN2OS/c1-30-24-32(3)48(33(4)25-30)34-27-40-36-16-13-17-39-51(36)59(52-38-15-10-12-19-47(38)61-54(39)52)57-49(40)45(28-34)58(43-21-20-37-35-14-9-11-18-46(35)60-53(37)50(43)57)44-29-42-41(26-31(44)2)55(5,6)22-23-56(42,7)8/h9-21,24-29H,22-23H2,1-8H3. The van der Waals surface area contributed by atoms with Crippen molar-refractivity contribution in [2.45, 2.75) is 79.1 Å². The first-order valence-corrected chi connectivity index (χ1v) is 22.8. The van der Waals surface area contributed by atoms with Crippen LogP contribution in [0, 0.1) is 27.7 Å². The van der Waals surface area contributed by atoms with Crippen LogP contribution >= 0.6 is 11.3 Å². The van der Waals surface area contributed by atoms with E-state index >= 15 is 0 Å². The Morgan fingerprint density at radius 1 is 0.574 bits per heavy atom. The molecule has 5 heteroatoms. The van der Waals surface area contributed by atoms with Crippen LogP contribution in [0.5, 0.6) is 0 Å². The van der Waals surface area contributed by atoms with Crippen molar-refractivity contribution < 1.29 is 4.42 Å². The number of para-hydroxylation sites is 2. The molecule has 13 rings (SSSR count). The summed E-state index contributed by atoms with van der Waals surface area (Å²) in [4.78, 5) is 2.64. The molecular formula is C56H47BN2OS. The number of hydrogen-bond acceptors (Lipinski definition) is 3. The molecule has 10 aromatic rings. The second kappa shape index (κ2) is 11.9. The summed E-state index contributed by atoms with van der Waals surface area (Å²) in [6.45, 7) is 18.8. The Bertz CT molecular complexity index is 3590. The number of anilines is 3. The van der Waals surface area contributed by atoms with Crippen LogP contribution in [-0.4, -0.2) is 11.3 Å². The molecule has 0 saturated heterocycles. The molecule has 0 bridgehead atoms. The second-order valence-electron chi connectivity index (χ2n) is 19.7. The van der Waals surface area contributed by atoms with E-state index < -0.39 is 0 Å². The van der Waals surface area contributed by atoms with Gasteiger partial charge in [0.15, 0.2) is 0 Å². The van der Waals surface area contributed by atoms with Crippen molar-refractivity contribution in [3.63, 3.8) is 0 Å². The number of furan rings is 1. The Morgan fingerprint density at radius 2 is 1.28 bits per heavy atom. The average molecular weight is 807 g/mol. The highest BCUT2D eigenvalue weighted by Crippen LogP contribution is 2.53. The zero-order valence-electron chi connectivity index (χ0n) is 36.2. The highest BCUT2D eigenvalue weighted by Gasteiger charge is 2.46. The van der Waals surface area contributed by atoms with Gasteiger partial charge in [-0.05, 0) is 144 Å². The van der Waals surface area contributed by atoms with E-state index in [0.717, 1.165) is 23.0 Å². The summed E-state index contributed by atoms with van der Waals surface area (Å²) < 4.78 is 12.6. The van der Waals surface area contributed by atoms with E-state index in [0.29, 0.717) is 0 Å². The van der Waals surface area contributed by atoms with E-state index in [2.05, 4.69) is 180 Å². The maximum atomic E-state index is 7.17. The maximum Gasteiger partial charge on any atom is 0.337 e. The molecule has 0 N–H and O–H groups in total. The van der Waals surface area contributed by atoms with Crippen LogP contribution in [0.15, 0.2) is 120 Å². The number of rotatable bonds is 2. The molecule has 0 fully saturated rings. The van der Waals surface area contributed by atoms with E-state index in [1.807, 2.05) is 11.3 Å². The molecule has 0 spiro atoms. The van der Waals surface area contributed by atoms with Gasteiger partial charge in [-0.1, -0.05) is 106 Å². The van der Waals surface area contributed by atoms with E-state index in [-0.39, 0.29) is 17.7 Å². The van der Waals surface area contributed by atoms with E-state index in [9.17, 15) is 0 Å². The first-order valence-electron chi connectivity index (χ1n) is 22.0. The number of aryl methyl sites for hydroxylation is 4. The smallest absolute Gasteiger partial charge is 0.337 e. The third kappa shape index (κ3) is 4.60. The van der Waals surface area contributed by atoms with Gasteiger partial charge in [0.25, 0.3) is 0 Å². The molecule has 0 atom stereocenters. The van der Waals surface area contributed by atoms with Crippen LogP contribution in [0.2, 0.25) is 0 Å². The van der Waals surface area contributed by atoms with Crippen LogP contribution in [0.1, 0.15) is 73.9 Å². The summed E-state index contributed by atoms with van der Waals surface area (Å²) >= 11 is 1.93. The van der Waals surface area contributed by atoms with E-state index in [1.54, 1.807) is 0 Å². The number of hydrogen-bond donors (Lipinski definition) is 0. The lowest BCUT2D eigenvalue weighted by atomic mass is 9.44. The van der Waals surface area contributed by atoms with Gasteiger partial charge in [-0.3, -0.25) is 0 Å². The molecule has 1 aliphatic carbocycles. The summed E-state index contributed by atoms with van der Waals surface area (Å²) in [5, 5.41) is 4.96. The highest BCUT2D eigenvalue weighted by atomic mass is 32.1. The van der Waals surface area contributed by atoms with Gasteiger partial charge in [-0.15, -0.1) is 11.3 Å². The van der Waals surface area contributed by atoms with Gasteiger partial charge in [-0.2, -0.15) is 0 Å². The van der Waals surface area contributed by atoms with Crippen LogP contribution < -0.4 is 15.8 Å². The van der Waals surface area contributed by atoms with Crippen molar-refractivity contribution in [2.75, 3.05) is 4.90 Å². The van der Waals surface area contributed by atoms with Gasteiger partial charge in [0.05, 0.1) is 10.2 Å². The van der Waals surface area contributed by atoms with Crippen molar-refractivity contribution in [3.8, 4) is 22.3 Å². The molecule has 3 aliphatic rings. The third-order valence-electron chi connectivity index (χ3n) is 15.0. The van der Waals surface area contributed by atoms with Crippen molar-refractivity contribution in [1.82, 2.24) is 4.48 Å². The fraction of sp³-hybridized carbons (Fsp3) is 0.214. The monoisotopic (exact) mass is 806 g/mol. The first-order chi connectivity index (χ1) is 29.4. The predicted octanol–water partition coefficient (Wildman–Crippen LogP) is 14.6. The zero-order valence-corrected chi connectivity index (χ0v) is 37.0. The highest BCUT2D eigenvalue weighted by molar-refractivity contribution is 7.27. The summed E-state index contributed by atoms with van der Waals surface area (Å²) in [5.74, 6) is 0. The lowest BCUT2D eigenvalue weighted by Gasteiger charge is -2.44. The van der Waals surface area contributed by atoms with Crippen LogP contribution in [0.4, 0.5) is 17.1 Å². The van der Waals surface area contributed by atoms with Crippen molar-refractivity contribution in [3.05, 3.63) is 149 Å². The lowest BCUT2D eigenvalue weighted by molar-refractivity contribution is 0.332. The molecule has 7 aromatic carbocycles. The largest absolute Gasteiger partial charge is 0.456 e. The topological polar surface area (TPSA) is 21.3 Å². The first kappa shape index (κ1) is 35.7.